The molecule has 0 aliphatic heterocycles. The molecule has 0 aliphatic carbocycles. The summed E-state index contributed by atoms with van der Waals surface area (Å²) in [7, 11) is 4.00. The van der Waals surface area contributed by atoms with E-state index in [1.54, 1.807) is 21.3 Å². The van der Waals surface area contributed by atoms with Gasteiger partial charge >= 0.3 is 0 Å². The zero-order valence-electron chi connectivity index (χ0n) is 19.6. The maximum Gasteiger partial charge on any atom is 0.204 e. The molecule has 2 aromatic carbocycles. The Morgan fingerprint density at radius 2 is 1.38 bits per heavy atom. The molecule has 3 rings (SSSR count). The van der Waals surface area contributed by atoms with E-state index < -0.39 is 10.1 Å². The Hall–Kier alpha value is -3.60. The molecule has 1 aromatic heterocycles. The number of aryl methyl sites for hydroxylation is 1. The highest BCUT2D eigenvalue weighted by molar-refractivity contribution is 7.85. The van der Waals surface area contributed by atoms with Crippen LogP contribution in [0.25, 0.3) is 12.2 Å². The van der Waals surface area contributed by atoms with E-state index in [1.807, 2.05) is 60.3 Å². The summed E-state index contributed by atoms with van der Waals surface area (Å²) >= 11 is 0. The van der Waals surface area contributed by atoms with Crippen molar-refractivity contribution in [3.8, 4) is 23.0 Å². The van der Waals surface area contributed by atoms with Gasteiger partial charge in [-0.25, -0.2) is 13.0 Å². The van der Waals surface area contributed by atoms with E-state index in [2.05, 4.69) is 0 Å². The van der Waals surface area contributed by atoms with Crippen LogP contribution in [-0.4, -0.2) is 46.9 Å². The van der Waals surface area contributed by atoms with E-state index in [4.69, 9.17) is 18.9 Å². The van der Waals surface area contributed by atoms with Gasteiger partial charge in [0.2, 0.25) is 5.69 Å². The van der Waals surface area contributed by atoms with Gasteiger partial charge in [0.1, 0.15) is 28.7 Å². The number of hydrogen-bond donors (Lipinski definition) is 0. The van der Waals surface area contributed by atoms with Crippen molar-refractivity contribution in [2.24, 2.45) is 7.05 Å². The summed E-state index contributed by atoms with van der Waals surface area (Å²) in [6.07, 6.45) is 6.03. The lowest BCUT2D eigenvalue weighted by atomic mass is 10.1. The summed E-state index contributed by atoms with van der Waals surface area (Å²) < 4.78 is 54.2. The highest BCUT2D eigenvalue weighted by atomic mass is 32.2. The van der Waals surface area contributed by atoms with Crippen molar-refractivity contribution in [3.05, 3.63) is 72.1 Å². The quantitative estimate of drug-likeness (QED) is 0.367. The van der Waals surface area contributed by atoms with Gasteiger partial charge in [0, 0.05) is 29.8 Å². The maximum absolute atomic E-state index is 10.4. The van der Waals surface area contributed by atoms with Gasteiger partial charge in [-0.1, -0.05) is 0 Å². The van der Waals surface area contributed by atoms with E-state index in [0.717, 1.165) is 17.0 Å². The molecule has 1 heterocycles. The first-order chi connectivity index (χ1) is 15.7. The normalized spacial score (nSPS) is 10.5. The molecule has 0 saturated heterocycles. The molecule has 2 N–H and O–H groups in total. The van der Waals surface area contributed by atoms with Gasteiger partial charge in [-0.05, 0) is 42.5 Å². The van der Waals surface area contributed by atoms with Gasteiger partial charge < -0.3 is 29.0 Å². The standard InChI is InChI=1S/C17H20NO3.C7H8O4S.H2O/c1-18-10-6-5-7-14(18)9-8-13-11-16(20-3)17(21-4)12-15(13)19-2;1-11-6-2-4-7(5-3-6)12(8,9)10;/h5-12H,1-4H3;2-5H,1H3,(H,8,9,10);1H2/q+1;;/p-1/b9-8+;;. The lowest BCUT2D eigenvalue weighted by Crippen LogP contribution is -2.30. The minimum absolute atomic E-state index is 0. The maximum atomic E-state index is 10.4. The Kier molecular flexibility index (Phi) is 11.0. The number of aromatic nitrogens is 1. The zero-order valence-corrected chi connectivity index (χ0v) is 20.5. The molecule has 0 amide bonds. The molecular formula is C24H29NO8S. The summed E-state index contributed by atoms with van der Waals surface area (Å²) in [5, 5.41) is 0. The smallest absolute Gasteiger partial charge is 0.204 e. The van der Waals surface area contributed by atoms with E-state index >= 15 is 0 Å². The average Bonchev–Trinajstić information content (AvgIpc) is 2.82. The largest absolute Gasteiger partial charge is 0.744 e. The number of pyridine rings is 1. The van der Waals surface area contributed by atoms with Crippen molar-refractivity contribution in [1.82, 2.24) is 0 Å². The van der Waals surface area contributed by atoms with Gasteiger partial charge in [0.15, 0.2) is 17.7 Å². The lowest BCUT2D eigenvalue weighted by Gasteiger charge is -2.12. The molecule has 0 atom stereocenters. The van der Waals surface area contributed by atoms with Crippen LogP contribution in [0.3, 0.4) is 0 Å². The first kappa shape index (κ1) is 28.4. The number of ether oxygens (including phenoxy) is 4. The summed E-state index contributed by atoms with van der Waals surface area (Å²) in [5.74, 6) is 2.58. The monoisotopic (exact) mass is 491 g/mol. The Morgan fingerprint density at radius 3 is 1.88 bits per heavy atom. The SMILES string of the molecule is COc1cc(OC)c(OC)cc1/C=C/c1cccc[n+]1C.COc1ccc(S(=O)(=O)[O-])cc1.O. The van der Waals surface area contributed by atoms with E-state index in [9.17, 15) is 13.0 Å². The van der Waals surface area contributed by atoms with Crippen LogP contribution in [-0.2, 0) is 17.2 Å². The third kappa shape index (κ3) is 7.77. The molecule has 3 aromatic rings. The van der Waals surface area contributed by atoms with Crippen molar-refractivity contribution in [2.75, 3.05) is 28.4 Å². The second-order valence-electron chi connectivity index (χ2n) is 6.65. The predicted octanol–water partition coefficient (Wildman–Crippen LogP) is 2.48. The molecule has 0 fully saturated rings. The van der Waals surface area contributed by atoms with Crippen LogP contribution in [0.5, 0.6) is 23.0 Å². The average molecular weight is 492 g/mol. The fourth-order valence-electron chi connectivity index (χ4n) is 2.81. The molecule has 0 bridgehead atoms. The number of rotatable bonds is 7. The van der Waals surface area contributed by atoms with Crippen LogP contribution in [0.1, 0.15) is 11.3 Å². The van der Waals surface area contributed by atoms with Gasteiger partial charge in [-0.2, -0.15) is 0 Å². The third-order valence-electron chi connectivity index (χ3n) is 4.61. The highest BCUT2D eigenvalue weighted by Gasteiger charge is 2.10. The van der Waals surface area contributed by atoms with Gasteiger partial charge in [0.25, 0.3) is 0 Å². The van der Waals surface area contributed by atoms with Crippen molar-refractivity contribution in [2.45, 2.75) is 4.90 Å². The van der Waals surface area contributed by atoms with Crippen molar-refractivity contribution in [3.63, 3.8) is 0 Å². The zero-order chi connectivity index (χ0) is 24.4. The molecule has 0 unspecified atom stereocenters. The summed E-state index contributed by atoms with van der Waals surface area (Å²) in [5.41, 5.74) is 2.02. The Labute approximate surface area is 199 Å². The predicted molar refractivity (Wildman–Crippen MR) is 127 cm³/mol. The van der Waals surface area contributed by atoms with Gasteiger partial charge in [0.05, 0.1) is 33.3 Å². The van der Waals surface area contributed by atoms with E-state index in [0.29, 0.717) is 17.2 Å². The molecular weight excluding hydrogens is 462 g/mol. The summed E-state index contributed by atoms with van der Waals surface area (Å²) in [4.78, 5) is -0.247. The number of nitrogens with zero attached hydrogens (tertiary/aromatic N) is 1. The molecule has 0 radical (unpaired) electrons. The van der Waals surface area contributed by atoms with E-state index in [1.165, 1.54) is 31.4 Å². The molecule has 34 heavy (non-hydrogen) atoms. The second-order valence-corrected chi connectivity index (χ2v) is 8.03. The summed E-state index contributed by atoms with van der Waals surface area (Å²) in [6.45, 7) is 0. The van der Waals surface area contributed by atoms with E-state index in [-0.39, 0.29) is 10.4 Å². The van der Waals surface area contributed by atoms with Crippen LogP contribution >= 0.6 is 0 Å². The van der Waals surface area contributed by atoms with Crippen LogP contribution in [0.15, 0.2) is 65.7 Å². The number of methoxy groups -OCH3 is 4. The number of benzene rings is 2. The first-order valence-corrected chi connectivity index (χ1v) is 11.2. The molecule has 0 saturated carbocycles. The molecule has 184 valence electrons. The van der Waals surface area contributed by atoms with Crippen LogP contribution in [0.4, 0.5) is 0 Å². The molecule has 0 spiro atoms. The fourth-order valence-corrected chi connectivity index (χ4v) is 3.28. The van der Waals surface area contributed by atoms with Crippen molar-refractivity contribution < 1.29 is 42.0 Å². The lowest BCUT2D eigenvalue weighted by molar-refractivity contribution is -0.673. The third-order valence-corrected chi connectivity index (χ3v) is 5.46. The highest BCUT2D eigenvalue weighted by Crippen LogP contribution is 2.35. The van der Waals surface area contributed by atoms with Gasteiger partial charge in [-0.3, -0.25) is 0 Å². The van der Waals surface area contributed by atoms with Gasteiger partial charge in [-0.15, -0.1) is 0 Å². The van der Waals surface area contributed by atoms with Crippen LogP contribution in [0, 0.1) is 0 Å². The second kappa shape index (κ2) is 13.2. The number of hydrogen-bond acceptors (Lipinski definition) is 7. The van der Waals surface area contributed by atoms with Crippen molar-refractivity contribution >= 4 is 22.3 Å². The molecule has 0 aliphatic rings. The Balaban J connectivity index is 0.000000380. The Bertz CT molecular complexity index is 1190. The van der Waals surface area contributed by atoms with Crippen LogP contribution < -0.4 is 23.5 Å². The molecule has 9 nitrogen and oxygen atoms in total. The fraction of sp³-hybridized carbons (Fsp3) is 0.208. The minimum Gasteiger partial charge on any atom is -0.744 e. The molecule has 10 heteroatoms. The van der Waals surface area contributed by atoms with Crippen LogP contribution in [0.2, 0.25) is 0 Å². The van der Waals surface area contributed by atoms with Crippen molar-refractivity contribution in [1.29, 1.82) is 0 Å². The Morgan fingerprint density at radius 1 is 0.794 bits per heavy atom. The minimum atomic E-state index is -4.33. The topological polar surface area (TPSA) is 130 Å². The summed E-state index contributed by atoms with van der Waals surface area (Å²) in [6, 6.07) is 15.0. The first-order valence-electron chi connectivity index (χ1n) is 9.76.